The number of nitriles is 1. The number of amides is 1. The zero-order valence-corrected chi connectivity index (χ0v) is 26.4. The van der Waals surface area contributed by atoms with Gasteiger partial charge in [0.15, 0.2) is 0 Å². The summed E-state index contributed by atoms with van der Waals surface area (Å²) in [5.74, 6) is 0.233. The molecule has 0 bridgehead atoms. The number of likely N-dealkylation sites (N-methyl/N-ethyl adjacent to an activating group) is 1. The molecule has 11 heteroatoms. The van der Waals surface area contributed by atoms with E-state index in [4.69, 9.17) is 25.8 Å². The van der Waals surface area contributed by atoms with E-state index >= 15 is 0 Å². The van der Waals surface area contributed by atoms with Crippen LogP contribution >= 0.6 is 11.6 Å². The highest BCUT2D eigenvalue weighted by Crippen LogP contribution is 2.38. The minimum atomic E-state index is -0.342. The van der Waals surface area contributed by atoms with Crippen molar-refractivity contribution < 1.29 is 23.4 Å². The van der Waals surface area contributed by atoms with E-state index in [-0.39, 0.29) is 24.4 Å². The van der Waals surface area contributed by atoms with E-state index in [2.05, 4.69) is 40.4 Å². The zero-order chi connectivity index (χ0) is 32.5. The summed E-state index contributed by atoms with van der Waals surface area (Å²) in [6.07, 6.45) is 5.39. The number of fused-ring (bicyclic) bond motifs is 1. The van der Waals surface area contributed by atoms with E-state index in [0.717, 1.165) is 19.5 Å². The van der Waals surface area contributed by atoms with Crippen molar-refractivity contribution in [2.45, 2.75) is 33.0 Å². The third-order valence-corrected chi connectivity index (χ3v) is 7.84. The van der Waals surface area contributed by atoms with E-state index in [0.29, 0.717) is 75.4 Å². The number of hydrogen-bond donors (Lipinski definition) is 2. The Hall–Kier alpha value is -4.69. The molecule has 9 nitrogen and oxygen atoms in total. The van der Waals surface area contributed by atoms with E-state index in [1.807, 2.05) is 6.08 Å². The van der Waals surface area contributed by atoms with Gasteiger partial charge in [-0.3, -0.25) is 9.78 Å². The number of nitrogens with zero attached hydrogens (tertiary/aromatic N) is 3. The predicted molar refractivity (Wildman–Crippen MR) is 177 cm³/mol. The monoisotopic (exact) mass is 643 g/mol. The molecule has 2 N–H and O–H groups in total. The second-order valence-electron chi connectivity index (χ2n) is 10.7. The summed E-state index contributed by atoms with van der Waals surface area (Å²) in [6, 6.07) is 17.0. The average molecular weight is 644 g/mol. The highest BCUT2D eigenvalue weighted by Gasteiger charge is 2.21. The largest absolute Gasteiger partial charge is 0.487 e. The maximum absolute atomic E-state index is 13.6. The number of hydrogen-bond acceptors (Lipinski definition) is 8. The lowest BCUT2D eigenvalue weighted by Crippen LogP contribution is -2.23. The van der Waals surface area contributed by atoms with Crippen LogP contribution in [-0.2, 0) is 16.1 Å². The molecule has 2 heterocycles. The Labute approximate surface area is 272 Å². The molecule has 46 heavy (non-hydrogen) atoms. The summed E-state index contributed by atoms with van der Waals surface area (Å²) in [4.78, 5) is 19.7. The summed E-state index contributed by atoms with van der Waals surface area (Å²) < 4.78 is 31.1. The van der Waals surface area contributed by atoms with Gasteiger partial charge in [-0.2, -0.15) is 5.26 Å². The highest BCUT2D eigenvalue weighted by molar-refractivity contribution is 6.32. The molecule has 1 aromatic heterocycles. The molecular formula is C35H35ClFN5O4. The summed E-state index contributed by atoms with van der Waals surface area (Å²) in [7, 11) is 0. The van der Waals surface area contributed by atoms with Crippen LogP contribution in [0.25, 0.3) is 10.9 Å². The lowest BCUT2D eigenvalue weighted by atomic mass is 10.1. The van der Waals surface area contributed by atoms with E-state index in [9.17, 15) is 14.4 Å². The van der Waals surface area contributed by atoms with Gasteiger partial charge in [-0.15, -0.1) is 0 Å². The normalized spacial score (nSPS) is 14.5. The number of aromatic nitrogens is 1. The van der Waals surface area contributed by atoms with Crippen molar-refractivity contribution >= 4 is 45.5 Å². The third kappa shape index (κ3) is 8.31. The van der Waals surface area contributed by atoms with Crippen molar-refractivity contribution in [2.75, 3.05) is 43.5 Å². The van der Waals surface area contributed by atoms with Crippen LogP contribution in [0.5, 0.6) is 11.5 Å². The number of carbonyl (C=O) groups excluding carboxylic acids is 1. The Bertz CT molecular complexity index is 1770. The molecule has 1 aliphatic heterocycles. The molecule has 4 aromatic rings. The lowest BCUT2D eigenvalue weighted by Gasteiger charge is -2.19. The van der Waals surface area contributed by atoms with Crippen LogP contribution in [0.1, 0.15) is 31.4 Å². The van der Waals surface area contributed by atoms with Crippen molar-refractivity contribution in [3.63, 3.8) is 0 Å². The summed E-state index contributed by atoms with van der Waals surface area (Å²) in [5.41, 5.74) is 3.05. The molecular weight excluding hydrogens is 609 g/mol. The molecule has 1 fully saturated rings. The predicted octanol–water partition coefficient (Wildman–Crippen LogP) is 7.23. The first-order chi connectivity index (χ1) is 22.4. The van der Waals surface area contributed by atoms with Gasteiger partial charge in [-0.05, 0) is 55.1 Å². The van der Waals surface area contributed by atoms with Crippen LogP contribution in [-0.4, -0.2) is 54.7 Å². The van der Waals surface area contributed by atoms with Gasteiger partial charge in [-0.25, -0.2) is 4.39 Å². The fourth-order valence-corrected chi connectivity index (χ4v) is 5.25. The quantitative estimate of drug-likeness (QED) is 0.147. The van der Waals surface area contributed by atoms with Gasteiger partial charge >= 0.3 is 0 Å². The molecule has 3 aromatic carbocycles. The molecule has 0 saturated carbocycles. The van der Waals surface area contributed by atoms with Crippen LogP contribution in [0.2, 0.25) is 5.02 Å². The van der Waals surface area contributed by atoms with E-state index in [1.165, 1.54) is 24.4 Å². The van der Waals surface area contributed by atoms with Crippen LogP contribution < -0.4 is 20.1 Å². The molecule has 0 spiro atoms. The molecule has 0 radical (unpaired) electrons. The number of anilines is 3. The molecule has 238 valence electrons. The van der Waals surface area contributed by atoms with Crippen LogP contribution in [0.15, 0.2) is 72.9 Å². The first-order valence-electron chi connectivity index (χ1n) is 15.1. The topological polar surface area (TPSA) is 109 Å². The standard InChI is InChI=1S/C35H35ClFN5O4/c1-3-42(4-2)13-6-9-34(43)41-31-17-28-30(18-33(31)46-27-12-14-44-22-27)39-20-24(19-38)35(28)40-26-10-11-32(29(36)16-26)45-21-23-7-5-8-25(37)15-23/h5-11,15-18,20,27H,3-4,12-14,21-22H2,1-2H3,(H,39,40)(H,41,43)/t27-/m0/s1. The van der Waals surface area contributed by atoms with Crippen LogP contribution in [0.4, 0.5) is 21.5 Å². The lowest BCUT2D eigenvalue weighted by molar-refractivity contribution is -0.111. The minimum absolute atomic E-state index is 0.147. The number of halogens is 2. The fourth-order valence-electron chi connectivity index (χ4n) is 5.01. The van der Waals surface area contributed by atoms with Gasteiger partial charge in [-0.1, -0.05) is 43.7 Å². The van der Waals surface area contributed by atoms with E-state index in [1.54, 1.807) is 42.5 Å². The van der Waals surface area contributed by atoms with Crippen LogP contribution in [0, 0.1) is 17.1 Å². The SMILES string of the molecule is CCN(CC)CC=CC(=O)Nc1cc2c(Nc3ccc(OCc4cccc(F)c4)c(Cl)c3)c(C#N)cnc2cc1O[C@H]1CCOC1. The number of nitrogens with one attached hydrogen (secondary N) is 2. The zero-order valence-electron chi connectivity index (χ0n) is 25.7. The number of benzene rings is 3. The Balaban J connectivity index is 1.43. The van der Waals surface area contributed by atoms with Crippen LogP contribution in [0.3, 0.4) is 0 Å². The fraction of sp³-hybridized carbons (Fsp3) is 0.286. The Kier molecular flexibility index (Phi) is 11.0. The second-order valence-corrected chi connectivity index (χ2v) is 11.1. The molecule has 0 aliphatic carbocycles. The summed E-state index contributed by atoms with van der Waals surface area (Å²) in [5, 5.41) is 17.2. The highest BCUT2D eigenvalue weighted by atomic mass is 35.5. The molecule has 5 rings (SSSR count). The molecule has 0 unspecified atom stereocenters. The number of pyridine rings is 1. The van der Waals surface area contributed by atoms with Gasteiger partial charge in [0, 0.05) is 42.4 Å². The maximum atomic E-state index is 13.6. The third-order valence-electron chi connectivity index (χ3n) is 7.54. The van der Waals surface area contributed by atoms with Crippen molar-refractivity contribution in [2.24, 2.45) is 0 Å². The molecule has 1 aliphatic rings. The van der Waals surface area contributed by atoms with Gasteiger partial charge in [0.2, 0.25) is 5.91 Å². The van der Waals surface area contributed by atoms with Gasteiger partial charge in [0.1, 0.15) is 36.1 Å². The first kappa shape index (κ1) is 32.7. The molecule has 1 saturated heterocycles. The van der Waals surface area contributed by atoms with Gasteiger partial charge in [0.25, 0.3) is 0 Å². The van der Waals surface area contributed by atoms with Crippen molar-refractivity contribution in [1.29, 1.82) is 5.26 Å². The van der Waals surface area contributed by atoms with Gasteiger partial charge in [0.05, 0.1) is 40.7 Å². The Morgan fingerprint density at radius 1 is 1.20 bits per heavy atom. The second kappa shape index (κ2) is 15.5. The van der Waals surface area contributed by atoms with Gasteiger partial charge < -0.3 is 29.7 Å². The number of ether oxygens (including phenoxy) is 3. The smallest absolute Gasteiger partial charge is 0.248 e. The first-order valence-corrected chi connectivity index (χ1v) is 15.5. The van der Waals surface area contributed by atoms with E-state index < -0.39 is 0 Å². The average Bonchev–Trinajstić information content (AvgIpc) is 3.56. The summed E-state index contributed by atoms with van der Waals surface area (Å²) in [6.45, 7) is 7.76. The number of rotatable bonds is 13. The molecule has 1 amide bonds. The number of carbonyl (C=O) groups is 1. The molecule has 1 atom stereocenters. The van der Waals surface area contributed by atoms with Crippen molar-refractivity contribution in [3.8, 4) is 17.6 Å². The van der Waals surface area contributed by atoms with Crippen molar-refractivity contribution in [1.82, 2.24) is 9.88 Å². The summed E-state index contributed by atoms with van der Waals surface area (Å²) >= 11 is 6.55. The minimum Gasteiger partial charge on any atom is -0.487 e. The Morgan fingerprint density at radius 3 is 2.76 bits per heavy atom. The Morgan fingerprint density at radius 2 is 2.04 bits per heavy atom. The van der Waals surface area contributed by atoms with Crippen molar-refractivity contribution in [3.05, 3.63) is 94.9 Å². The maximum Gasteiger partial charge on any atom is 0.248 e.